The van der Waals surface area contributed by atoms with Crippen molar-refractivity contribution in [1.29, 1.82) is 0 Å². The number of benzene rings is 9. The molecular formula is C57H36N4O. The standard InChI is InChI=1S/C57H36N4O/c1-5-16-37(17-6-1)40-28-30-42(31-29-40)55-58-56(44-25-15-24-43(34-44)38-18-7-2-8-19-38)60-57(59-55)61-50-36-45(39-20-9-3-10-21-39)35-49(41-22-11-4-12-23-41)52(50)48-33-32-47-46-26-13-14-27-51(46)62-54(47)53(48)61/h1-36H. The maximum Gasteiger partial charge on any atom is 0.238 e. The molecule has 0 atom stereocenters. The van der Waals surface area contributed by atoms with Gasteiger partial charge in [0.1, 0.15) is 11.1 Å². The maximum absolute atomic E-state index is 6.88. The molecule has 0 fully saturated rings. The van der Waals surface area contributed by atoms with E-state index in [1.807, 2.05) is 24.3 Å². The van der Waals surface area contributed by atoms with Gasteiger partial charge in [-0.3, -0.25) is 4.57 Å². The molecule has 3 aromatic heterocycles. The number of rotatable bonds is 7. The third-order valence-electron chi connectivity index (χ3n) is 11.9. The molecule has 5 nitrogen and oxygen atoms in total. The average Bonchev–Trinajstić information content (AvgIpc) is 3.91. The lowest BCUT2D eigenvalue weighted by Gasteiger charge is -2.13. The minimum atomic E-state index is 0.499. The van der Waals surface area contributed by atoms with Crippen LogP contribution >= 0.6 is 0 Å². The summed E-state index contributed by atoms with van der Waals surface area (Å²) < 4.78 is 9.09. The molecule has 0 bridgehead atoms. The van der Waals surface area contributed by atoms with E-state index < -0.39 is 0 Å². The number of hydrogen-bond acceptors (Lipinski definition) is 4. The molecular weight excluding hydrogens is 757 g/mol. The smallest absolute Gasteiger partial charge is 0.238 e. The fourth-order valence-corrected chi connectivity index (χ4v) is 8.89. The summed E-state index contributed by atoms with van der Waals surface area (Å²) in [6, 6.07) is 76.3. The van der Waals surface area contributed by atoms with E-state index in [0.29, 0.717) is 17.6 Å². The molecule has 0 unspecified atom stereocenters. The molecule has 0 aliphatic heterocycles. The van der Waals surface area contributed by atoms with Crippen molar-refractivity contribution in [3.8, 4) is 73.2 Å². The van der Waals surface area contributed by atoms with Gasteiger partial charge in [0.15, 0.2) is 17.2 Å². The van der Waals surface area contributed by atoms with Gasteiger partial charge < -0.3 is 4.42 Å². The summed E-state index contributed by atoms with van der Waals surface area (Å²) in [5.74, 6) is 1.65. The molecule has 0 N–H and O–H groups in total. The highest BCUT2D eigenvalue weighted by Crippen LogP contribution is 2.45. The average molecular weight is 793 g/mol. The zero-order valence-electron chi connectivity index (χ0n) is 33.5. The Morgan fingerprint density at radius 3 is 1.55 bits per heavy atom. The highest BCUT2D eigenvalue weighted by Gasteiger charge is 2.25. The molecule has 0 saturated carbocycles. The SMILES string of the molecule is c1ccc(-c2ccc(-c3nc(-c4cccc(-c5ccccc5)c4)nc(-n4c5cc(-c6ccccc6)cc(-c6ccccc6)c5c5ccc6c7ccccc7oc6c54)n3)cc2)cc1. The van der Waals surface area contributed by atoms with Gasteiger partial charge >= 0.3 is 0 Å². The van der Waals surface area contributed by atoms with Gasteiger partial charge in [0.2, 0.25) is 5.95 Å². The van der Waals surface area contributed by atoms with E-state index >= 15 is 0 Å². The van der Waals surface area contributed by atoms with Crippen molar-refractivity contribution in [2.75, 3.05) is 0 Å². The molecule has 290 valence electrons. The number of furan rings is 1. The van der Waals surface area contributed by atoms with E-state index in [4.69, 9.17) is 19.4 Å². The summed E-state index contributed by atoms with van der Waals surface area (Å²) in [6.45, 7) is 0. The number of fused-ring (bicyclic) bond motifs is 7. The monoisotopic (exact) mass is 792 g/mol. The summed E-state index contributed by atoms with van der Waals surface area (Å²) >= 11 is 0. The van der Waals surface area contributed by atoms with Gasteiger partial charge in [0.25, 0.3) is 0 Å². The first-order valence-corrected chi connectivity index (χ1v) is 20.8. The van der Waals surface area contributed by atoms with Gasteiger partial charge in [-0.2, -0.15) is 9.97 Å². The van der Waals surface area contributed by atoms with Crippen LogP contribution in [0.1, 0.15) is 0 Å². The van der Waals surface area contributed by atoms with Crippen LogP contribution in [0.2, 0.25) is 0 Å². The number of nitrogens with zero attached hydrogens (tertiary/aromatic N) is 4. The molecule has 12 aromatic rings. The first kappa shape index (κ1) is 35.5. The van der Waals surface area contributed by atoms with Crippen LogP contribution in [0.15, 0.2) is 223 Å². The molecule has 5 heteroatoms. The first-order chi connectivity index (χ1) is 30.7. The van der Waals surface area contributed by atoms with Gasteiger partial charge in [-0.15, -0.1) is 0 Å². The Balaban J connectivity index is 1.19. The second kappa shape index (κ2) is 14.7. The lowest BCUT2D eigenvalue weighted by atomic mass is 9.94. The predicted molar refractivity (Wildman–Crippen MR) is 254 cm³/mol. The van der Waals surface area contributed by atoms with Crippen molar-refractivity contribution in [2.45, 2.75) is 0 Å². The third-order valence-corrected chi connectivity index (χ3v) is 11.9. The van der Waals surface area contributed by atoms with Crippen LogP contribution in [0.25, 0.3) is 117 Å². The number of para-hydroxylation sites is 1. The zero-order valence-corrected chi connectivity index (χ0v) is 33.5. The minimum Gasteiger partial charge on any atom is -0.454 e. The van der Waals surface area contributed by atoms with E-state index in [1.54, 1.807) is 0 Å². The molecule has 0 aliphatic carbocycles. The van der Waals surface area contributed by atoms with Crippen molar-refractivity contribution in [3.05, 3.63) is 218 Å². The summed E-state index contributed by atoms with van der Waals surface area (Å²) in [6.07, 6.45) is 0. The van der Waals surface area contributed by atoms with Crippen LogP contribution < -0.4 is 0 Å². The topological polar surface area (TPSA) is 56.7 Å². The van der Waals surface area contributed by atoms with Crippen LogP contribution in [0.5, 0.6) is 0 Å². The van der Waals surface area contributed by atoms with Gasteiger partial charge in [-0.25, -0.2) is 4.98 Å². The van der Waals surface area contributed by atoms with Gasteiger partial charge in [0, 0.05) is 32.7 Å². The van der Waals surface area contributed by atoms with Crippen LogP contribution in [0.3, 0.4) is 0 Å². The summed E-state index contributed by atoms with van der Waals surface area (Å²) in [7, 11) is 0. The summed E-state index contributed by atoms with van der Waals surface area (Å²) in [4.78, 5) is 16.1. The molecule has 0 saturated heterocycles. The van der Waals surface area contributed by atoms with Gasteiger partial charge in [-0.05, 0) is 74.8 Å². The van der Waals surface area contributed by atoms with Crippen molar-refractivity contribution in [3.63, 3.8) is 0 Å². The highest BCUT2D eigenvalue weighted by atomic mass is 16.3. The molecule has 0 aliphatic rings. The van der Waals surface area contributed by atoms with E-state index in [9.17, 15) is 0 Å². The zero-order chi connectivity index (χ0) is 41.0. The first-order valence-electron chi connectivity index (χ1n) is 20.8. The maximum atomic E-state index is 6.88. The number of hydrogen-bond donors (Lipinski definition) is 0. The van der Waals surface area contributed by atoms with Crippen molar-refractivity contribution in [2.24, 2.45) is 0 Å². The van der Waals surface area contributed by atoms with Gasteiger partial charge in [-0.1, -0.05) is 188 Å². The van der Waals surface area contributed by atoms with E-state index in [2.05, 4.69) is 199 Å². The summed E-state index contributed by atoms with van der Waals surface area (Å²) in [5.41, 5.74) is 14.2. The molecule has 12 rings (SSSR count). The van der Waals surface area contributed by atoms with Crippen LogP contribution in [-0.4, -0.2) is 19.5 Å². The Morgan fingerprint density at radius 2 is 0.855 bits per heavy atom. The fourth-order valence-electron chi connectivity index (χ4n) is 8.89. The Hall–Kier alpha value is -8.41. The Kier molecular flexibility index (Phi) is 8.42. The normalized spacial score (nSPS) is 11.5. The van der Waals surface area contributed by atoms with Crippen LogP contribution in [-0.2, 0) is 0 Å². The highest BCUT2D eigenvalue weighted by molar-refractivity contribution is 6.24. The Bertz CT molecular complexity index is 3600. The molecule has 9 aromatic carbocycles. The van der Waals surface area contributed by atoms with E-state index in [1.165, 1.54) is 0 Å². The van der Waals surface area contributed by atoms with Crippen molar-refractivity contribution >= 4 is 43.7 Å². The molecule has 0 amide bonds. The van der Waals surface area contributed by atoms with Gasteiger partial charge in [0.05, 0.1) is 5.52 Å². The summed E-state index contributed by atoms with van der Waals surface area (Å²) in [5, 5.41) is 4.23. The lowest BCUT2D eigenvalue weighted by Crippen LogP contribution is -2.06. The van der Waals surface area contributed by atoms with Crippen LogP contribution in [0.4, 0.5) is 0 Å². The van der Waals surface area contributed by atoms with Crippen molar-refractivity contribution < 1.29 is 4.42 Å². The van der Waals surface area contributed by atoms with Crippen LogP contribution in [0, 0.1) is 0 Å². The predicted octanol–water partition coefficient (Wildman–Crippen LogP) is 14.9. The molecule has 62 heavy (non-hydrogen) atoms. The minimum absolute atomic E-state index is 0.499. The molecule has 0 spiro atoms. The second-order valence-corrected chi connectivity index (χ2v) is 15.6. The van der Waals surface area contributed by atoms with E-state index in [0.717, 1.165) is 99.4 Å². The second-order valence-electron chi connectivity index (χ2n) is 15.6. The molecule has 0 radical (unpaired) electrons. The largest absolute Gasteiger partial charge is 0.454 e. The number of aromatic nitrogens is 4. The van der Waals surface area contributed by atoms with Crippen molar-refractivity contribution in [1.82, 2.24) is 19.5 Å². The van der Waals surface area contributed by atoms with E-state index in [-0.39, 0.29) is 0 Å². The lowest BCUT2D eigenvalue weighted by molar-refractivity contribution is 0.670. The quantitative estimate of drug-likeness (QED) is 0.161. The fraction of sp³-hybridized carbons (Fsp3) is 0. The Morgan fingerprint density at radius 1 is 0.339 bits per heavy atom. The Labute approximate surface area is 357 Å². The third kappa shape index (κ3) is 6.06. The molecule has 3 heterocycles.